The second kappa shape index (κ2) is 4.80. The lowest BCUT2D eigenvalue weighted by molar-refractivity contribution is -0.0607. The molecule has 0 amide bonds. The molecule has 1 aromatic rings. The molecule has 2 heterocycles. The van der Waals surface area contributed by atoms with E-state index in [1.165, 1.54) is 19.3 Å². The van der Waals surface area contributed by atoms with Gasteiger partial charge in [-0.15, -0.1) is 0 Å². The normalized spacial score (nSPS) is 29.5. The second-order valence-electron chi connectivity index (χ2n) is 4.90. The summed E-state index contributed by atoms with van der Waals surface area (Å²) in [7, 11) is 0. The minimum atomic E-state index is -0.0187. The first-order valence-electron chi connectivity index (χ1n) is 6.41. The van der Waals surface area contributed by atoms with Crippen LogP contribution in [0.25, 0.3) is 0 Å². The van der Waals surface area contributed by atoms with E-state index in [2.05, 4.69) is 4.90 Å². The monoisotopic (exact) mass is 237 g/mol. The minimum Gasteiger partial charge on any atom is -0.462 e. The van der Waals surface area contributed by atoms with Gasteiger partial charge in [0, 0.05) is 12.6 Å². The maximum absolute atomic E-state index is 8.98. The van der Waals surface area contributed by atoms with Gasteiger partial charge < -0.3 is 14.3 Å². The summed E-state index contributed by atoms with van der Waals surface area (Å²) >= 11 is 0. The highest BCUT2D eigenvalue weighted by Gasteiger charge is 2.36. The van der Waals surface area contributed by atoms with Gasteiger partial charge in [0.05, 0.1) is 19.3 Å². The van der Waals surface area contributed by atoms with Crippen molar-refractivity contribution in [2.75, 3.05) is 13.2 Å². The van der Waals surface area contributed by atoms with Crippen LogP contribution in [0.3, 0.4) is 0 Å². The van der Waals surface area contributed by atoms with E-state index >= 15 is 0 Å². The maximum atomic E-state index is 8.98. The van der Waals surface area contributed by atoms with Gasteiger partial charge in [0.15, 0.2) is 0 Å². The van der Waals surface area contributed by atoms with E-state index in [-0.39, 0.29) is 6.61 Å². The van der Waals surface area contributed by atoms with Crippen LogP contribution in [0.5, 0.6) is 0 Å². The van der Waals surface area contributed by atoms with E-state index in [9.17, 15) is 0 Å². The third-order valence-corrected chi connectivity index (χ3v) is 3.83. The van der Waals surface area contributed by atoms with Crippen LogP contribution in [0.15, 0.2) is 16.5 Å². The highest BCUT2D eigenvalue weighted by molar-refractivity contribution is 5.07. The van der Waals surface area contributed by atoms with Gasteiger partial charge in [-0.25, -0.2) is 0 Å². The van der Waals surface area contributed by atoms with Gasteiger partial charge >= 0.3 is 0 Å². The van der Waals surface area contributed by atoms with Crippen molar-refractivity contribution >= 4 is 0 Å². The molecule has 1 N–H and O–H groups in total. The van der Waals surface area contributed by atoms with Crippen molar-refractivity contribution in [3.8, 4) is 0 Å². The first kappa shape index (κ1) is 11.3. The summed E-state index contributed by atoms with van der Waals surface area (Å²) in [6.45, 7) is 2.63. The molecule has 1 aliphatic carbocycles. The number of morpholine rings is 1. The van der Waals surface area contributed by atoms with Crippen LogP contribution in [0.1, 0.15) is 30.8 Å². The van der Waals surface area contributed by atoms with Crippen LogP contribution in [0.4, 0.5) is 0 Å². The fourth-order valence-electron chi connectivity index (χ4n) is 2.99. The molecule has 1 saturated carbocycles. The van der Waals surface area contributed by atoms with E-state index in [1.54, 1.807) is 0 Å². The van der Waals surface area contributed by atoms with E-state index in [0.29, 0.717) is 17.9 Å². The van der Waals surface area contributed by atoms with E-state index in [4.69, 9.17) is 14.3 Å². The Morgan fingerprint density at radius 3 is 3.00 bits per heavy atom. The average molecular weight is 237 g/mol. The quantitative estimate of drug-likeness (QED) is 0.866. The van der Waals surface area contributed by atoms with Gasteiger partial charge in [-0.05, 0) is 31.4 Å². The highest BCUT2D eigenvalue weighted by atomic mass is 16.5. The molecule has 2 fully saturated rings. The predicted octanol–water partition coefficient (Wildman–Crippen LogP) is 1.53. The van der Waals surface area contributed by atoms with Crippen LogP contribution in [0.2, 0.25) is 0 Å². The lowest BCUT2D eigenvalue weighted by Gasteiger charge is -2.37. The summed E-state index contributed by atoms with van der Waals surface area (Å²) in [6.07, 6.45) is 4.13. The Morgan fingerprint density at radius 1 is 1.29 bits per heavy atom. The zero-order chi connectivity index (χ0) is 11.7. The number of hydrogen-bond acceptors (Lipinski definition) is 4. The molecule has 94 valence electrons. The number of fused-ring (bicyclic) bond motifs is 1. The van der Waals surface area contributed by atoms with Gasteiger partial charge in [0.1, 0.15) is 18.1 Å². The topological polar surface area (TPSA) is 45.8 Å². The Kier molecular flexibility index (Phi) is 3.18. The Balaban J connectivity index is 1.67. The van der Waals surface area contributed by atoms with Crippen LogP contribution < -0.4 is 0 Å². The zero-order valence-corrected chi connectivity index (χ0v) is 9.97. The van der Waals surface area contributed by atoms with Crippen LogP contribution in [-0.2, 0) is 17.9 Å². The van der Waals surface area contributed by atoms with E-state index < -0.39 is 0 Å². The Labute approximate surface area is 101 Å². The van der Waals surface area contributed by atoms with Crippen LogP contribution >= 0.6 is 0 Å². The van der Waals surface area contributed by atoms with Crippen molar-refractivity contribution in [3.05, 3.63) is 23.7 Å². The summed E-state index contributed by atoms with van der Waals surface area (Å²) in [5, 5.41) is 8.98. The fourth-order valence-corrected chi connectivity index (χ4v) is 2.99. The number of nitrogens with zero attached hydrogens (tertiary/aromatic N) is 1. The molecule has 0 bridgehead atoms. The van der Waals surface area contributed by atoms with Crippen molar-refractivity contribution in [3.63, 3.8) is 0 Å². The third kappa shape index (κ3) is 2.25. The molecule has 1 aromatic heterocycles. The summed E-state index contributed by atoms with van der Waals surface area (Å²) in [4.78, 5) is 2.46. The Bertz CT molecular complexity index is 376. The van der Waals surface area contributed by atoms with Crippen molar-refractivity contribution in [1.82, 2.24) is 4.90 Å². The second-order valence-corrected chi connectivity index (χ2v) is 4.90. The molecule has 4 nitrogen and oxygen atoms in total. The maximum Gasteiger partial charge on any atom is 0.129 e. The number of furan rings is 1. The van der Waals surface area contributed by atoms with Gasteiger partial charge in [-0.3, -0.25) is 4.90 Å². The number of hydrogen-bond donors (Lipinski definition) is 1. The number of rotatable bonds is 3. The summed E-state index contributed by atoms with van der Waals surface area (Å²) in [5.74, 6) is 1.60. The van der Waals surface area contributed by atoms with Crippen molar-refractivity contribution in [1.29, 1.82) is 0 Å². The predicted molar refractivity (Wildman–Crippen MR) is 62.4 cm³/mol. The molecule has 2 unspecified atom stereocenters. The smallest absolute Gasteiger partial charge is 0.129 e. The van der Waals surface area contributed by atoms with Gasteiger partial charge in [0.2, 0.25) is 0 Å². The van der Waals surface area contributed by atoms with Gasteiger partial charge in [0.25, 0.3) is 0 Å². The summed E-state index contributed by atoms with van der Waals surface area (Å²) in [5.41, 5.74) is 0. The average Bonchev–Trinajstić information content (AvgIpc) is 2.97. The third-order valence-electron chi connectivity index (χ3n) is 3.83. The number of aliphatic hydroxyl groups is 1. The standard InChI is InChI=1S/C13H19NO3/c15-9-11-5-4-10(17-11)8-14-6-7-16-13-3-1-2-12(13)14/h4-5,12-13,15H,1-3,6-9H2. The number of aliphatic hydroxyl groups excluding tert-OH is 1. The lowest BCUT2D eigenvalue weighted by Crippen LogP contribution is -2.47. The molecular weight excluding hydrogens is 218 g/mol. The van der Waals surface area contributed by atoms with Crippen molar-refractivity contribution < 1.29 is 14.3 Å². The van der Waals surface area contributed by atoms with Gasteiger partial charge in [-0.2, -0.15) is 0 Å². The Hall–Kier alpha value is -0.840. The van der Waals surface area contributed by atoms with Crippen molar-refractivity contribution in [2.45, 2.75) is 44.6 Å². The molecule has 0 aromatic carbocycles. The largest absolute Gasteiger partial charge is 0.462 e. The molecule has 1 aliphatic heterocycles. The van der Waals surface area contributed by atoms with E-state index in [0.717, 1.165) is 25.5 Å². The Morgan fingerprint density at radius 2 is 2.18 bits per heavy atom. The molecule has 3 rings (SSSR count). The number of ether oxygens (including phenoxy) is 1. The summed E-state index contributed by atoms with van der Waals surface area (Å²) in [6, 6.07) is 4.37. The molecule has 0 spiro atoms. The summed E-state index contributed by atoms with van der Waals surface area (Å²) < 4.78 is 11.3. The lowest BCUT2D eigenvalue weighted by atomic mass is 10.1. The zero-order valence-electron chi connectivity index (χ0n) is 9.97. The molecule has 17 heavy (non-hydrogen) atoms. The highest BCUT2D eigenvalue weighted by Crippen LogP contribution is 2.30. The SMILES string of the molecule is OCc1ccc(CN2CCOC3CCCC32)o1. The first-order chi connectivity index (χ1) is 8.36. The van der Waals surface area contributed by atoms with Crippen LogP contribution in [-0.4, -0.2) is 35.3 Å². The molecule has 2 aliphatic rings. The fraction of sp³-hybridized carbons (Fsp3) is 0.692. The van der Waals surface area contributed by atoms with E-state index in [1.807, 2.05) is 12.1 Å². The van der Waals surface area contributed by atoms with Gasteiger partial charge in [-0.1, -0.05) is 0 Å². The molecule has 4 heteroatoms. The minimum absolute atomic E-state index is 0.0187. The molecule has 0 radical (unpaired) electrons. The van der Waals surface area contributed by atoms with Crippen LogP contribution in [0, 0.1) is 0 Å². The molecule has 1 saturated heterocycles. The molecule has 2 atom stereocenters. The van der Waals surface area contributed by atoms with Crippen molar-refractivity contribution in [2.24, 2.45) is 0 Å². The molecular formula is C13H19NO3. The first-order valence-corrected chi connectivity index (χ1v) is 6.41.